The zero-order valence-corrected chi connectivity index (χ0v) is 9.10. The second kappa shape index (κ2) is 4.70. The van der Waals surface area contributed by atoms with Crippen LogP contribution in [0, 0.1) is 0 Å². The fraction of sp³-hybridized carbons (Fsp3) is 0.250. The summed E-state index contributed by atoms with van der Waals surface area (Å²) in [5.41, 5.74) is 1.94. The number of hydrogen-bond donors (Lipinski definition) is 1. The normalized spacial score (nSPS) is 10.3. The number of aromatic nitrogens is 3. The fourth-order valence-electron chi connectivity index (χ4n) is 1.45. The molecule has 1 N–H and O–H groups in total. The van der Waals surface area contributed by atoms with Crippen molar-refractivity contribution in [1.29, 1.82) is 0 Å². The van der Waals surface area contributed by atoms with Crippen molar-refractivity contribution >= 4 is 5.78 Å². The number of carbonyl (C=O) groups excluding carboxylic acids is 1. The van der Waals surface area contributed by atoms with Crippen LogP contribution in [0.2, 0.25) is 0 Å². The highest BCUT2D eigenvalue weighted by Crippen LogP contribution is 2.15. The van der Waals surface area contributed by atoms with Gasteiger partial charge in [0.2, 0.25) is 0 Å². The van der Waals surface area contributed by atoms with E-state index in [2.05, 4.69) is 15.0 Å². The molecule has 0 bridgehead atoms. The second-order valence-corrected chi connectivity index (χ2v) is 3.69. The Morgan fingerprint density at radius 2 is 2.31 bits per heavy atom. The summed E-state index contributed by atoms with van der Waals surface area (Å²) in [6, 6.07) is 3.85. The van der Waals surface area contributed by atoms with Crippen molar-refractivity contribution in [3.05, 3.63) is 36.5 Å². The van der Waals surface area contributed by atoms with Crippen molar-refractivity contribution in [2.75, 3.05) is 0 Å². The molecule has 2 heterocycles. The van der Waals surface area contributed by atoms with E-state index in [1.165, 1.54) is 0 Å². The largest absolute Gasteiger partial charge is 0.342 e. The maximum atomic E-state index is 10.8. The Morgan fingerprint density at radius 3 is 3.00 bits per heavy atom. The first kappa shape index (κ1) is 10.5. The predicted molar refractivity (Wildman–Crippen MR) is 60.8 cm³/mol. The first-order valence-electron chi connectivity index (χ1n) is 5.19. The molecule has 0 aliphatic carbocycles. The molecule has 82 valence electrons. The summed E-state index contributed by atoms with van der Waals surface area (Å²) in [5, 5.41) is 0. The highest BCUT2D eigenvalue weighted by molar-refractivity contribution is 5.75. The highest BCUT2D eigenvalue weighted by Gasteiger charge is 2.03. The van der Waals surface area contributed by atoms with Gasteiger partial charge in [-0.05, 0) is 19.1 Å². The SMILES string of the molecule is CC(=O)CCc1ncc(-c2cccnc2)[nH]1. The van der Waals surface area contributed by atoms with E-state index in [1.54, 1.807) is 25.5 Å². The van der Waals surface area contributed by atoms with Gasteiger partial charge < -0.3 is 9.78 Å². The average molecular weight is 215 g/mol. The molecule has 0 aliphatic rings. The molecule has 0 amide bonds. The molecule has 0 saturated carbocycles. The Labute approximate surface area is 93.8 Å². The lowest BCUT2D eigenvalue weighted by molar-refractivity contribution is -0.117. The molecular formula is C12H13N3O. The zero-order chi connectivity index (χ0) is 11.4. The van der Waals surface area contributed by atoms with Crippen molar-refractivity contribution in [3.63, 3.8) is 0 Å². The number of hydrogen-bond acceptors (Lipinski definition) is 3. The number of aryl methyl sites for hydroxylation is 1. The number of nitrogens with zero attached hydrogens (tertiary/aromatic N) is 2. The Morgan fingerprint density at radius 1 is 1.44 bits per heavy atom. The number of ketones is 1. The maximum Gasteiger partial charge on any atom is 0.130 e. The summed E-state index contributed by atoms with van der Waals surface area (Å²) in [6.07, 6.45) is 6.47. The topological polar surface area (TPSA) is 58.6 Å². The fourth-order valence-corrected chi connectivity index (χ4v) is 1.45. The van der Waals surface area contributed by atoms with E-state index >= 15 is 0 Å². The Hall–Kier alpha value is -1.97. The average Bonchev–Trinajstić information content (AvgIpc) is 2.76. The van der Waals surface area contributed by atoms with Crippen molar-refractivity contribution in [2.45, 2.75) is 19.8 Å². The third-order valence-electron chi connectivity index (χ3n) is 2.31. The monoisotopic (exact) mass is 215 g/mol. The summed E-state index contributed by atoms with van der Waals surface area (Å²) >= 11 is 0. The van der Waals surface area contributed by atoms with E-state index in [9.17, 15) is 4.79 Å². The molecule has 0 unspecified atom stereocenters. The minimum absolute atomic E-state index is 0.180. The van der Waals surface area contributed by atoms with Gasteiger partial charge in [-0.15, -0.1) is 0 Å². The molecule has 2 aromatic rings. The van der Waals surface area contributed by atoms with Crippen LogP contribution in [0.15, 0.2) is 30.7 Å². The quantitative estimate of drug-likeness (QED) is 0.848. The Kier molecular flexibility index (Phi) is 3.10. The smallest absolute Gasteiger partial charge is 0.130 e. The number of H-pyrrole nitrogens is 1. The first-order chi connectivity index (χ1) is 7.75. The van der Waals surface area contributed by atoms with E-state index in [0.29, 0.717) is 12.8 Å². The molecule has 0 atom stereocenters. The molecular weight excluding hydrogens is 202 g/mol. The Bertz CT molecular complexity index is 476. The van der Waals surface area contributed by atoms with Crippen LogP contribution in [-0.2, 0) is 11.2 Å². The predicted octanol–water partition coefficient (Wildman–Crippen LogP) is 1.99. The van der Waals surface area contributed by atoms with Crippen molar-refractivity contribution in [2.24, 2.45) is 0 Å². The van der Waals surface area contributed by atoms with Crippen LogP contribution in [0.4, 0.5) is 0 Å². The summed E-state index contributed by atoms with van der Waals surface area (Å²) in [7, 11) is 0. The number of carbonyl (C=O) groups is 1. The summed E-state index contributed by atoms with van der Waals surface area (Å²) in [5.74, 6) is 1.02. The number of pyridine rings is 1. The van der Waals surface area contributed by atoms with Crippen molar-refractivity contribution < 1.29 is 4.79 Å². The summed E-state index contributed by atoms with van der Waals surface area (Å²) in [4.78, 5) is 22.3. The Balaban J connectivity index is 2.11. The maximum absolute atomic E-state index is 10.8. The van der Waals surface area contributed by atoms with Gasteiger partial charge in [0.05, 0.1) is 11.9 Å². The highest BCUT2D eigenvalue weighted by atomic mass is 16.1. The lowest BCUT2D eigenvalue weighted by atomic mass is 10.2. The molecule has 0 fully saturated rings. The summed E-state index contributed by atoms with van der Waals surface area (Å²) < 4.78 is 0. The van der Waals surface area contributed by atoms with Crippen LogP contribution >= 0.6 is 0 Å². The molecule has 0 spiro atoms. The van der Waals surface area contributed by atoms with Crippen LogP contribution in [0.1, 0.15) is 19.2 Å². The third-order valence-corrected chi connectivity index (χ3v) is 2.31. The van der Waals surface area contributed by atoms with E-state index in [-0.39, 0.29) is 5.78 Å². The molecule has 16 heavy (non-hydrogen) atoms. The lowest BCUT2D eigenvalue weighted by Gasteiger charge is -1.95. The van der Waals surface area contributed by atoms with Gasteiger partial charge >= 0.3 is 0 Å². The molecule has 2 rings (SSSR count). The van der Waals surface area contributed by atoms with Crippen LogP contribution in [0.5, 0.6) is 0 Å². The van der Waals surface area contributed by atoms with Crippen molar-refractivity contribution in [3.8, 4) is 11.3 Å². The first-order valence-corrected chi connectivity index (χ1v) is 5.19. The third kappa shape index (κ3) is 2.53. The minimum Gasteiger partial charge on any atom is -0.342 e. The van der Waals surface area contributed by atoms with Crippen LogP contribution in [0.3, 0.4) is 0 Å². The van der Waals surface area contributed by atoms with Gasteiger partial charge in [-0.2, -0.15) is 0 Å². The van der Waals surface area contributed by atoms with Gasteiger partial charge in [-0.1, -0.05) is 0 Å². The molecule has 0 radical (unpaired) electrons. The molecule has 0 aliphatic heterocycles. The van der Waals surface area contributed by atoms with Gasteiger partial charge in [0, 0.05) is 30.8 Å². The van der Waals surface area contributed by atoms with Crippen molar-refractivity contribution in [1.82, 2.24) is 15.0 Å². The zero-order valence-electron chi connectivity index (χ0n) is 9.10. The number of nitrogens with one attached hydrogen (secondary N) is 1. The number of Topliss-reactive ketones (excluding diaryl/α,β-unsaturated/α-hetero) is 1. The van der Waals surface area contributed by atoms with Gasteiger partial charge in [0.15, 0.2) is 0 Å². The van der Waals surface area contributed by atoms with Gasteiger partial charge in [-0.3, -0.25) is 4.98 Å². The molecule has 4 nitrogen and oxygen atoms in total. The molecule has 0 aromatic carbocycles. The molecule has 0 saturated heterocycles. The number of aromatic amines is 1. The van der Waals surface area contributed by atoms with Crippen LogP contribution in [0.25, 0.3) is 11.3 Å². The second-order valence-electron chi connectivity index (χ2n) is 3.69. The van der Waals surface area contributed by atoms with Gasteiger partial charge in [0.1, 0.15) is 11.6 Å². The van der Waals surface area contributed by atoms with Crippen LogP contribution < -0.4 is 0 Å². The van der Waals surface area contributed by atoms with E-state index in [4.69, 9.17) is 0 Å². The van der Waals surface area contributed by atoms with Crippen LogP contribution in [-0.4, -0.2) is 20.7 Å². The number of rotatable bonds is 4. The molecule has 4 heteroatoms. The lowest BCUT2D eigenvalue weighted by Crippen LogP contribution is -1.95. The van der Waals surface area contributed by atoms with E-state index < -0.39 is 0 Å². The number of imidazole rings is 1. The standard InChI is InChI=1S/C12H13N3O/c1-9(16)4-5-12-14-8-11(15-12)10-3-2-6-13-7-10/h2-3,6-8H,4-5H2,1H3,(H,14,15). The van der Waals surface area contributed by atoms with E-state index in [0.717, 1.165) is 17.1 Å². The van der Waals surface area contributed by atoms with Gasteiger partial charge in [0.25, 0.3) is 0 Å². The minimum atomic E-state index is 0.180. The van der Waals surface area contributed by atoms with E-state index in [1.807, 2.05) is 12.1 Å². The summed E-state index contributed by atoms with van der Waals surface area (Å²) in [6.45, 7) is 1.59. The molecule has 2 aromatic heterocycles. The van der Waals surface area contributed by atoms with Gasteiger partial charge in [-0.25, -0.2) is 4.98 Å².